The van der Waals surface area contributed by atoms with Crippen LogP contribution in [-0.2, 0) is 16.0 Å². The first kappa shape index (κ1) is 20.5. The van der Waals surface area contributed by atoms with Gasteiger partial charge in [0, 0.05) is 24.9 Å². The quantitative estimate of drug-likeness (QED) is 0.793. The molecule has 1 aromatic rings. The first-order valence-corrected chi connectivity index (χ1v) is 10.4. The highest BCUT2D eigenvalue weighted by molar-refractivity contribution is 5.98. The Morgan fingerprint density at radius 1 is 1.39 bits per heavy atom. The van der Waals surface area contributed by atoms with E-state index in [1.165, 1.54) is 0 Å². The average molecular weight is 385 g/mol. The van der Waals surface area contributed by atoms with E-state index in [2.05, 4.69) is 42.2 Å². The van der Waals surface area contributed by atoms with Crippen molar-refractivity contribution in [2.75, 3.05) is 32.0 Å². The van der Waals surface area contributed by atoms with Crippen LogP contribution in [0, 0.1) is 5.41 Å². The second-order valence-corrected chi connectivity index (χ2v) is 8.21. The largest absolute Gasteiger partial charge is 0.337 e. The number of anilines is 1. The summed E-state index contributed by atoms with van der Waals surface area (Å²) in [5.74, 6) is 0.786. The molecule has 1 spiro atoms. The van der Waals surface area contributed by atoms with Gasteiger partial charge in [0.1, 0.15) is 5.82 Å². The van der Waals surface area contributed by atoms with Crippen molar-refractivity contribution in [1.82, 2.24) is 14.8 Å². The van der Waals surface area contributed by atoms with E-state index in [1.54, 1.807) is 12.3 Å². The number of hydrogen-bond donors (Lipinski definition) is 1. The molecular formula is C22H32N4O2. The SMILES string of the molecule is CCC(C)N(CC)C(=O)/C=C/c1cnc2c(c1)CC1(CCN(C)CC1)C(=O)N2. The number of amides is 2. The van der Waals surface area contributed by atoms with Crippen LogP contribution in [0.1, 0.15) is 51.2 Å². The topological polar surface area (TPSA) is 65.5 Å². The fraction of sp³-hybridized carbons (Fsp3) is 0.591. The first-order valence-electron chi connectivity index (χ1n) is 10.4. The Morgan fingerprint density at radius 3 is 2.75 bits per heavy atom. The van der Waals surface area contributed by atoms with Gasteiger partial charge in [-0.05, 0) is 82.9 Å². The van der Waals surface area contributed by atoms with Crippen molar-refractivity contribution >= 4 is 23.7 Å². The molecule has 0 bridgehead atoms. The highest BCUT2D eigenvalue weighted by Gasteiger charge is 2.44. The number of rotatable bonds is 5. The summed E-state index contributed by atoms with van der Waals surface area (Å²) in [6.45, 7) is 8.73. The summed E-state index contributed by atoms with van der Waals surface area (Å²) in [7, 11) is 2.10. The second-order valence-electron chi connectivity index (χ2n) is 8.21. The van der Waals surface area contributed by atoms with Crippen LogP contribution < -0.4 is 5.32 Å². The normalized spacial score (nSPS) is 20.1. The van der Waals surface area contributed by atoms with E-state index in [-0.39, 0.29) is 23.3 Å². The highest BCUT2D eigenvalue weighted by Crippen LogP contribution is 2.40. The Labute approximate surface area is 168 Å². The monoisotopic (exact) mass is 384 g/mol. The summed E-state index contributed by atoms with van der Waals surface area (Å²) in [4.78, 5) is 33.8. The molecule has 6 nitrogen and oxygen atoms in total. The minimum absolute atomic E-state index is 0.0228. The molecule has 1 aromatic heterocycles. The van der Waals surface area contributed by atoms with Crippen LogP contribution in [-0.4, -0.2) is 59.3 Å². The van der Waals surface area contributed by atoms with Crippen LogP contribution in [0.25, 0.3) is 6.08 Å². The summed E-state index contributed by atoms with van der Waals surface area (Å²) >= 11 is 0. The van der Waals surface area contributed by atoms with Gasteiger partial charge in [-0.15, -0.1) is 0 Å². The third-order valence-corrected chi connectivity index (χ3v) is 6.34. The van der Waals surface area contributed by atoms with Crippen molar-refractivity contribution in [3.8, 4) is 0 Å². The summed E-state index contributed by atoms with van der Waals surface area (Å²) < 4.78 is 0. The van der Waals surface area contributed by atoms with Crippen molar-refractivity contribution in [3.05, 3.63) is 29.5 Å². The molecule has 1 fully saturated rings. The zero-order valence-corrected chi connectivity index (χ0v) is 17.5. The van der Waals surface area contributed by atoms with E-state index in [0.717, 1.165) is 49.9 Å². The average Bonchev–Trinajstić information content (AvgIpc) is 2.69. The molecule has 1 atom stereocenters. The van der Waals surface area contributed by atoms with Crippen LogP contribution in [0.3, 0.4) is 0 Å². The molecule has 2 aliphatic rings. The predicted octanol–water partition coefficient (Wildman–Crippen LogP) is 2.95. The van der Waals surface area contributed by atoms with Gasteiger partial charge in [-0.2, -0.15) is 0 Å². The number of likely N-dealkylation sites (tertiary alicyclic amines) is 1. The summed E-state index contributed by atoms with van der Waals surface area (Å²) in [5, 5.41) is 3.01. The van der Waals surface area contributed by atoms with Gasteiger partial charge in [-0.3, -0.25) is 9.59 Å². The maximum atomic E-state index is 12.7. The molecule has 6 heteroatoms. The van der Waals surface area contributed by atoms with E-state index in [1.807, 2.05) is 17.9 Å². The number of fused-ring (bicyclic) bond motifs is 1. The number of carbonyl (C=O) groups excluding carboxylic acids is 2. The summed E-state index contributed by atoms with van der Waals surface area (Å²) in [6.07, 6.45) is 8.57. The maximum Gasteiger partial charge on any atom is 0.246 e. The third kappa shape index (κ3) is 4.12. The Morgan fingerprint density at radius 2 is 2.11 bits per heavy atom. The van der Waals surface area contributed by atoms with Crippen molar-refractivity contribution in [2.45, 2.75) is 52.5 Å². The van der Waals surface area contributed by atoms with Gasteiger partial charge < -0.3 is 15.1 Å². The minimum Gasteiger partial charge on any atom is -0.337 e. The number of aromatic nitrogens is 1. The van der Waals surface area contributed by atoms with Gasteiger partial charge >= 0.3 is 0 Å². The number of pyridine rings is 1. The highest BCUT2D eigenvalue weighted by atomic mass is 16.2. The molecule has 2 amide bonds. The molecule has 0 aromatic carbocycles. The molecule has 2 aliphatic heterocycles. The molecule has 3 heterocycles. The van der Waals surface area contributed by atoms with Crippen LogP contribution in [0.5, 0.6) is 0 Å². The zero-order chi connectivity index (χ0) is 20.3. The number of likely N-dealkylation sites (N-methyl/N-ethyl adjacent to an activating group) is 1. The van der Waals surface area contributed by atoms with Gasteiger partial charge in [-0.25, -0.2) is 4.98 Å². The van der Waals surface area contributed by atoms with Crippen LogP contribution in [0.2, 0.25) is 0 Å². The minimum atomic E-state index is -0.324. The van der Waals surface area contributed by atoms with Gasteiger partial charge in [0.2, 0.25) is 11.8 Å². The molecule has 1 N–H and O–H groups in total. The number of hydrogen-bond acceptors (Lipinski definition) is 4. The van der Waals surface area contributed by atoms with Gasteiger partial charge in [0.15, 0.2) is 0 Å². The Hall–Kier alpha value is -2.21. The molecule has 152 valence electrons. The smallest absolute Gasteiger partial charge is 0.246 e. The number of nitrogens with one attached hydrogen (secondary N) is 1. The van der Waals surface area contributed by atoms with E-state index < -0.39 is 0 Å². The van der Waals surface area contributed by atoms with Crippen molar-refractivity contribution < 1.29 is 9.59 Å². The van der Waals surface area contributed by atoms with Gasteiger partial charge in [0.25, 0.3) is 0 Å². The van der Waals surface area contributed by atoms with Crippen molar-refractivity contribution in [1.29, 1.82) is 0 Å². The lowest BCUT2D eigenvalue weighted by atomic mass is 9.71. The molecule has 0 aliphatic carbocycles. The van der Waals surface area contributed by atoms with Crippen LogP contribution >= 0.6 is 0 Å². The van der Waals surface area contributed by atoms with Crippen LogP contribution in [0.15, 0.2) is 18.3 Å². The van der Waals surface area contributed by atoms with Crippen LogP contribution in [0.4, 0.5) is 5.82 Å². The number of piperidine rings is 1. The molecular weight excluding hydrogens is 352 g/mol. The number of carbonyl (C=O) groups is 2. The van der Waals surface area contributed by atoms with E-state index >= 15 is 0 Å². The third-order valence-electron chi connectivity index (χ3n) is 6.34. The Kier molecular flexibility index (Phi) is 6.18. The lowest BCUT2D eigenvalue weighted by Crippen LogP contribution is -2.49. The van der Waals surface area contributed by atoms with E-state index in [0.29, 0.717) is 12.4 Å². The zero-order valence-electron chi connectivity index (χ0n) is 17.5. The number of nitrogens with zero attached hydrogens (tertiary/aromatic N) is 3. The lowest BCUT2D eigenvalue weighted by Gasteiger charge is -2.42. The van der Waals surface area contributed by atoms with E-state index in [9.17, 15) is 9.59 Å². The standard InChI is InChI=1S/C22H32N4O2/c1-5-16(3)26(6-2)19(27)8-7-17-13-18-14-22(9-11-25(4)12-10-22)21(28)24-20(18)23-15-17/h7-8,13,15-16H,5-6,9-12,14H2,1-4H3,(H,23,24,28)/b8-7+. The van der Waals surface area contributed by atoms with Crippen molar-refractivity contribution in [2.24, 2.45) is 5.41 Å². The molecule has 1 unspecified atom stereocenters. The maximum absolute atomic E-state index is 12.7. The molecule has 0 radical (unpaired) electrons. The van der Waals surface area contributed by atoms with Crippen molar-refractivity contribution in [3.63, 3.8) is 0 Å². The Bertz CT molecular complexity index is 766. The fourth-order valence-corrected chi connectivity index (χ4v) is 4.17. The fourth-order valence-electron chi connectivity index (χ4n) is 4.17. The van der Waals surface area contributed by atoms with Gasteiger partial charge in [0.05, 0.1) is 5.41 Å². The Balaban J connectivity index is 1.77. The molecule has 28 heavy (non-hydrogen) atoms. The first-order chi connectivity index (χ1) is 13.4. The second kappa shape index (κ2) is 8.43. The molecule has 0 saturated carbocycles. The molecule has 1 saturated heterocycles. The molecule has 3 rings (SSSR count). The van der Waals surface area contributed by atoms with Gasteiger partial charge in [-0.1, -0.05) is 6.92 Å². The predicted molar refractivity (Wildman–Crippen MR) is 112 cm³/mol. The summed E-state index contributed by atoms with van der Waals surface area (Å²) in [5.41, 5.74) is 1.63. The van der Waals surface area contributed by atoms with E-state index in [4.69, 9.17) is 0 Å². The lowest BCUT2D eigenvalue weighted by molar-refractivity contribution is -0.129. The summed E-state index contributed by atoms with van der Waals surface area (Å²) in [6, 6.07) is 2.29.